The molecule has 3 rings (SSSR count). The number of hydrogen-bond acceptors (Lipinski definition) is 4. The van der Waals surface area contributed by atoms with Crippen LogP contribution in [-0.4, -0.2) is 25.9 Å². The van der Waals surface area contributed by atoms with Crippen LogP contribution in [0, 0.1) is 0 Å². The predicted octanol–water partition coefficient (Wildman–Crippen LogP) is 3.39. The maximum atomic E-state index is 13.0. The molecule has 6 nitrogen and oxygen atoms in total. The number of pyridine rings is 1. The van der Waals surface area contributed by atoms with Crippen molar-refractivity contribution in [2.24, 2.45) is 0 Å². The zero-order chi connectivity index (χ0) is 20.7. The zero-order valence-electron chi connectivity index (χ0n) is 15.7. The molecule has 29 heavy (non-hydrogen) atoms. The van der Waals surface area contributed by atoms with E-state index in [4.69, 9.17) is 0 Å². The van der Waals surface area contributed by atoms with Crippen LogP contribution in [0.25, 0.3) is 0 Å². The molecule has 7 heteroatoms. The number of carbonyl (C=O) groups is 1. The second-order valence-electron chi connectivity index (χ2n) is 6.22. The number of anilines is 1. The normalized spacial score (nSPS) is 10.9. The van der Waals surface area contributed by atoms with Gasteiger partial charge in [0.2, 0.25) is 0 Å². The van der Waals surface area contributed by atoms with Gasteiger partial charge in [-0.2, -0.15) is 0 Å². The second kappa shape index (κ2) is 9.16. The molecule has 0 saturated heterocycles. The van der Waals surface area contributed by atoms with Crippen LogP contribution in [0.1, 0.15) is 15.9 Å². The Bertz CT molecular complexity index is 1070. The van der Waals surface area contributed by atoms with Crippen molar-refractivity contribution in [3.05, 3.63) is 103 Å². The van der Waals surface area contributed by atoms with Gasteiger partial charge in [0.1, 0.15) is 0 Å². The molecular formula is C22H21N3O3S. The molecule has 1 aromatic heterocycles. The number of carbonyl (C=O) groups excluding carboxylic acids is 1. The predicted molar refractivity (Wildman–Crippen MR) is 113 cm³/mol. The van der Waals surface area contributed by atoms with Crippen LogP contribution >= 0.6 is 0 Å². The molecule has 1 N–H and O–H groups in total. The number of aromatic nitrogens is 1. The van der Waals surface area contributed by atoms with Crippen molar-refractivity contribution < 1.29 is 13.2 Å². The van der Waals surface area contributed by atoms with Gasteiger partial charge in [-0.05, 0) is 54.1 Å². The summed E-state index contributed by atoms with van der Waals surface area (Å²) >= 11 is 0. The van der Waals surface area contributed by atoms with Crippen molar-refractivity contribution in [3.63, 3.8) is 0 Å². The van der Waals surface area contributed by atoms with Crippen molar-refractivity contribution in [3.8, 4) is 0 Å². The molecule has 0 fully saturated rings. The van der Waals surface area contributed by atoms with E-state index in [2.05, 4.69) is 16.9 Å². The van der Waals surface area contributed by atoms with E-state index in [1.165, 1.54) is 10.4 Å². The number of amides is 1. The number of sulfonamides is 1. The highest BCUT2D eigenvalue weighted by Gasteiger charge is 2.23. The van der Waals surface area contributed by atoms with Crippen LogP contribution in [0.2, 0.25) is 0 Å². The Morgan fingerprint density at radius 2 is 1.66 bits per heavy atom. The molecule has 0 spiro atoms. The zero-order valence-corrected chi connectivity index (χ0v) is 16.5. The summed E-state index contributed by atoms with van der Waals surface area (Å²) in [7, 11) is -3.74. The SMILES string of the molecule is C=CCN(c1ccc(C(=O)NCc2ccncc2)cc1)S(=O)(=O)c1ccccc1. The van der Waals surface area contributed by atoms with Gasteiger partial charge < -0.3 is 5.32 Å². The Kier molecular flexibility index (Phi) is 6.41. The lowest BCUT2D eigenvalue weighted by molar-refractivity contribution is 0.0951. The summed E-state index contributed by atoms with van der Waals surface area (Å²) in [5.41, 5.74) is 1.84. The molecule has 0 saturated carbocycles. The monoisotopic (exact) mass is 407 g/mol. The Hall–Kier alpha value is -3.45. The molecule has 1 amide bonds. The van der Waals surface area contributed by atoms with E-state index in [1.807, 2.05) is 12.1 Å². The quantitative estimate of drug-likeness (QED) is 0.581. The minimum atomic E-state index is -3.74. The van der Waals surface area contributed by atoms with Gasteiger partial charge in [-0.1, -0.05) is 24.3 Å². The summed E-state index contributed by atoms with van der Waals surface area (Å²) < 4.78 is 27.2. The first kappa shape index (κ1) is 20.3. The van der Waals surface area contributed by atoms with Gasteiger partial charge in [-0.15, -0.1) is 6.58 Å². The van der Waals surface area contributed by atoms with Gasteiger partial charge in [0, 0.05) is 24.5 Å². The largest absolute Gasteiger partial charge is 0.348 e. The molecule has 2 aromatic carbocycles. The number of benzene rings is 2. The first-order valence-corrected chi connectivity index (χ1v) is 10.4. The van der Waals surface area contributed by atoms with Crippen LogP contribution < -0.4 is 9.62 Å². The molecule has 148 valence electrons. The molecular weight excluding hydrogens is 386 g/mol. The third-order valence-corrected chi connectivity index (χ3v) is 6.05. The van der Waals surface area contributed by atoms with E-state index in [0.717, 1.165) is 5.56 Å². The van der Waals surface area contributed by atoms with Crippen molar-refractivity contribution in [1.29, 1.82) is 0 Å². The van der Waals surface area contributed by atoms with Crippen LogP contribution in [-0.2, 0) is 16.6 Å². The van der Waals surface area contributed by atoms with Crippen LogP contribution in [0.4, 0.5) is 5.69 Å². The van der Waals surface area contributed by atoms with Crippen molar-refractivity contribution in [1.82, 2.24) is 10.3 Å². The van der Waals surface area contributed by atoms with E-state index in [-0.39, 0.29) is 17.3 Å². The minimum Gasteiger partial charge on any atom is -0.348 e. The van der Waals surface area contributed by atoms with Gasteiger partial charge >= 0.3 is 0 Å². The van der Waals surface area contributed by atoms with E-state index < -0.39 is 10.0 Å². The molecule has 0 radical (unpaired) electrons. The summed E-state index contributed by atoms with van der Waals surface area (Å²) in [6, 6.07) is 18.3. The molecule has 0 bridgehead atoms. The van der Waals surface area contributed by atoms with Crippen molar-refractivity contribution in [2.75, 3.05) is 10.8 Å². The molecule has 0 atom stereocenters. The summed E-state index contributed by atoms with van der Waals surface area (Å²) in [5, 5.41) is 2.83. The first-order valence-electron chi connectivity index (χ1n) is 8.98. The van der Waals surface area contributed by atoms with Gasteiger partial charge in [0.25, 0.3) is 15.9 Å². The second-order valence-corrected chi connectivity index (χ2v) is 8.09. The molecule has 0 aliphatic carbocycles. The smallest absolute Gasteiger partial charge is 0.264 e. The average Bonchev–Trinajstić information content (AvgIpc) is 2.77. The highest BCUT2D eigenvalue weighted by Crippen LogP contribution is 2.24. The van der Waals surface area contributed by atoms with Gasteiger partial charge in [0.15, 0.2) is 0 Å². The van der Waals surface area contributed by atoms with E-state index in [0.29, 0.717) is 17.8 Å². The summed E-state index contributed by atoms with van der Waals surface area (Å²) in [5.74, 6) is -0.241. The van der Waals surface area contributed by atoms with Crippen LogP contribution in [0.15, 0.2) is 96.7 Å². The number of rotatable bonds is 8. The fraction of sp³-hybridized carbons (Fsp3) is 0.0909. The fourth-order valence-electron chi connectivity index (χ4n) is 2.74. The Morgan fingerprint density at radius 1 is 1.00 bits per heavy atom. The highest BCUT2D eigenvalue weighted by molar-refractivity contribution is 7.92. The standard InChI is InChI=1S/C22H21N3O3S/c1-2-16-25(29(27,28)21-6-4-3-5-7-21)20-10-8-19(9-11-20)22(26)24-17-18-12-14-23-15-13-18/h2-15H,1,16-17H2,(H,24,26). The van der Waals surface area contributed by atoms with E-state index >= 15 is 0 Å². The Morgan fingerprint density at radius 3 is 2.28 bits per heavy atom. The Balaban J connectivity index is 1.77. The van der Waals surface area contributed by atoms with Crippen molar-refractivity contribution in [2.45, 2.75) is 11.4 Å². The van der Waals surface area contributed by atoms with E-state index in [1.54, 1.807) is 67.0 Å². The average molecular weight is 407 g/mol. The maximum Gasteiger partial charge on any atom is 0.264 e. The lowest BCUT2D eigenvalue weighted by atomic mass is 10.2. The molecule has 1 heterocycles. The van der Waals surface area contributed by atoms with Gasteiger partial charge in [-0.25, -0.2) is 8.42 Å². The number of nitrogens with zero attached hydrogens (tertiary/aromatic N) is 2. The third kappa shape index (κ3) is 4.89. The Labute approximate surface area is 170 Å². The van der Waals surface area contributed by atoms with E-state index in [9.17, 15) is 13.2 Å². The lowest BCUT2D eigenvalue weighted by Crippen LogP contribution is -2.31. The molecule has 0 aliphatic heterocycles. The molecule has 0 unspecified atom stereocenters. The highest BCUT2D eigenvalue weighted by atomic mass is 32.2. The van der Waals surface area contributed by atoms with Gasteiger partial charge in [0.05, 0.1) is 17.1 Å². The molecule has 3 aromatic rings. The van der Waals surface area contributed by atoms with Crippen LogP contribution in [0.5, 0.6) is 0 Å². The van der Waals surface area contributed by atoms with Gasteiger partial charge in [-0.3, -0.25) is 14.1 Å². The van der Waals surface area contributed by atoms with Crippen LogP contribution in [0.3, 0.4) is 0 Å². The lowest BCUT2D eigenvalue weighted by Gasteiger charge is -2.23. The minimum absolute atomic E-state index is 0.116. The molecule has 0 aliphatic rings. The number of nitrogens with one attached hydrogen (secondary N) is 1. The number of hydrogen-bond donors (Lipinski definition) is 1. The third-order valence-electron chi connectivity index (χ3n) is 4.25. The topological polar surface area (TPSA) is 79.4 Å². The van der Waals surface area contributed by atoms with Crippen molar-refractivity contribution >= 4 is 21.6 Å². The first-order chi connectivity index (χ1) is 14.0. The maximum absolute atomic E-state index is 13.0. The fourth-order valence-corrected chi connectivity index (χ4v) is 4.20. The summed E-state index contributed by atoms with van der Waals surface area (Å²) in [6.07, 6.45) is 4.85. The summed E-state index contributed by atoms with van der Waals surface area (Å²) in [6.45, 7) is 4.16. The summed E-state index contributed by atoms with van der Waals surface area (Å²) in [4.78, 5) is 16.5.